The molecule has 2 aromatic carbocycles. The Morgan fingerprint density at radius 2 is 2.00 bits per heavy atom. The van der Waals surface area contributed by atoms with Gasteiger partial charge < -0.3 is 14.6 Å². The smallest absolute Gasteiger partial charge is 0.234 e. The second-order valence-electron chi connectivity index (χ2n) is 5.74. The van der Waals surface area contributed by atoms with Gasteiger partial charge in [0, 0.05) is 21.7 Å². The van der Waals surface area contributed by atoms with Crippen LogP contribution in [0.1, 0.15) is 6.92 Å². The van der Waals surface area contributed by atoms with Crippen molar-refractivity contribution in [2.45, 2.75) is 18.6 Å². The van der Waals surface area contributed by atoms with Gasteiger partial charge in [0.2, 0.25) is 5.91 Å². The molecule has 9 heteroatoms. The molecule has 0 aliphatic heterocycles. The fourth-order valence-corrected chi connectivity index (χ4v) is 3.83. The predicted molar refractivity (Wildman–Crippen MR) is 116 cm³/mol. The van der Waals surface area contributed by atoms with Gasteiger partial charge in [-0.1, -0.05) is 39.3 Å². The lowest BCUT2D eigenvalue weighted by atomic mass is 10.2. The Morgan fingerprint density at radius 1 is 1.25 bits per heavy atom. The summed E-state index contributed by atoms with van der Waals surface area (Å²) < 4.78 is 8.32. The van der Waals surface area contributed by atoms with Crippen molar-refractivity contribution in [1.29, 1.82) is 0 Å². The maximum atomic E-state index is 12.3. The number of ether oxygens (including phenoxy) is 1. The normalized spacial score (nSPS) is 10.7. The number of carbonyl (C=O) groups excluding carboxylic acids is 1. The van der Waals surface area contributed by atoms with E-state index in [1.165, 1.54) is 11.8 Å². The highest BCUT2D eigenvalue weighted by Gasteiger charge is 2.18. The number of carbonyl (C=O) groups is 1. The molecular formula is C19H18BrClN4O2S. The van der Waals surface area contributed by atoms with E-state index >= 15 is 0 Å². The fraction of sp³-hybridized carbons (Fsp3) is 0.211. The summed E-state index contributed by atoms with van der Waals surface area (Å²) in [7, 11) is 1.60. The quantitative estimate of drug-likeness (QED) is 0.474. The summed E-state index contributed by atoms with van der Waals surface area (Å²) >= 11 is 10.8. The van der Waals surface area contributed by atoms with Crippen molar-refractivity contribution in [3.05, 3.63) is 52.0 Å². The van der Waals surface area contributed by atoms with Gasteiger partial charge >= 0.3 is 0 Å². The van der Waals surface area contributed by atoms with E-state index in [9.17, 15) is 4.79 Å². The van der Waals surface area contributed by atoms with Gasteiger partial charge in [0.25, 0.3) is 0 Å². The van der Waals surface area contributed by atoms with E-state index in [-0.39, 0.29) is 11.7 Å². The first-order valence-electron chi connectivity index (χ1n) is 8.47. The second-order valence-corrected chi connectivity index (χ2v) is 8.03. The average molecular weight is 482 g/mol. The fourth-order valence-electron chi connectivity index (χ4n) is 2.60. The van der Waals surface area contributed by atoms with Gasteiger partial charge in [0.05, 0.1) is 18.4 Å². The van der Waals surface area contributed by atoms with Crippen LogP contribution >= 0.6 is 39.3 Å². The molecule has 0 fully saturated rings. The van der Waals surface area contributed by atoms with Crippen molar-refractivity contribution < 1.29 is 9.53 Å². The summed E-state index contributed by atoms with van der Waals surface area (Å²) in [5.74, 6) is 1.43. The van der Waals surface area contributed by atoms with Crippen LogP contribution in [0, 0.1) is 0 Å². The lowest BCUT2D eigenvalue weighted by Crippen LogP contribution is -2.14. The van der Waals surface area contributed by atoms with E-state index in [4.69, 9.17) is 16.3 Å². The first kappa shape index (κ1) is 20.7. The van der Waals surface area contributed by atoms with Gasteiger partial charge in [-0.05, 0) is 49.4 Å². The van der Waals surface area contributed by atoms with Crippen LogP contribution in [0.25, 0.3) is 11.4 Å². The third-order valence-electron chi connectivity index (χ3n) is 3.90. The highest BCUT2D eigenvalue weighted by Crippen LogP contribution is 2.33. The van der Waals surface area contributed by atoms with E-state index in [2.05, 4.69) is 31.4 Å². The molecular weight excluding hydrogens is 464 g/mol. The minimum atomic E-state index is -0.111. The van der Waals surface area contributed by atoms with Crippen LogP contribution in [0.3, 0.4) is 0 Å². The van der Waals surface area contributed by atoms with E-state index in [0.717, 1.165) is 15.7 Å². The number of benzene rings is 2. The Hall–Kier alpha value is -2.03. The summed E-state index contributed by atoms with van der Waals surface area (Å²) in [5, 5.41) is 12.7. The monoisotopic (exact) mass is 480 g/mol. The lowest BCUT2D eigenvalue weighted by Gasteiger charge is -2.11. The Bertz CT molecular complexity index is 979. The summed E-state index contributed by atoms with van der Waals surface area (Å²) in [6.45, 7) is 2.64. The van der Waals surface area contributed by atoms with E-state index in [1.54, 1.807) is 25.3 Å². The number of thioether (sulfide) groups is 1. The maximum Gasteiger partial charge on any atom is 0.234 e. The number of nitrogens with zero attached hydrogens (tertiary/aromatic N) is 3. The number of hydrogen-bond donors (Lipinski definition) is 1. The number of methoxy groups -OCH3 is 1. The Balaban J connectivity index is 1.74. The van der Waals surface area contributed by atoms with Crippen molar-refractivity contribution in [2.24, 2.45) is 0 Å². The molecule has 146 valence electrons. The first-order valence-corrected chi connectivity index (χ1v) is 10.6. The highest BCUT2D eigenvalue weighted by atomic mass is 79.9. The number of rotatable bonds is 7. The molecule has 0 aliphatic carbocycles. The van der Waals surface area contributed by atoms with Crippen LogP contribution in [0.5, 0.6) is 5.75 Å². The van der Waals surface area contributed by atoms with Crippen LogP contribution in [-0.2, 0) is 11.3 Å². The van der Waals surface area contributed by atoms with Crippen LogP contribution in [-0.4, -0.2) is 33.5 Å². The number of amides is 1. The zero-order valence-corrected chi connectivity index (χ0v) is 18.4. The topological polar surface area (TPSA) is 69.0 Å². The summed E-state index contributed by atoms with van der Waals surface area (Å²) in [6.07, 6.45) is 0. The number of anilines is 1. The summed E-state index contributed by atoms with van der Waals surface area (Å²) in [4.78, 5) is 12.3. The molecule has 6 nitrogen and oxygen atoms in total. The minimum absolute atomic E-state index is 0.111. The molecule has 0 spiro atoms. The zero-order valence-electron chi connectivity index (χ0n) is 15.3. The van der Waals surface area contributed by atoms with Crippen molar-refractivity contribution >= 4 is 50.9 Å². The van der Waals surface area contributed by atoms with Gasteiger partial charge in [-0.2, -0.15) is 0 Å². The number of hydrogen-bond acceptors (Lipinski definition) is 5. The van der Waals surface area contributed by atoms with Gasteiger partial charge in [-0.3, -0.25) is 4.79 Å². The van der Waals surface area contributed by atoms with Gasteiger partial charge in [0.1, 0.15) is 5.75 Å². The minimum Gasteiger partial charge on any atom is -0.496 e. The molecule has 28 heavy (non-hydrogen) atoms. The maximum absolute atomic E-state index is 12.3. The molecule has 0 bridgehead atoms. The lowest BCUT2D eigenvalue weighted by molar-refractivity contribution is -0.113. The molecule has 0 atom stereocenters. The molecule has 3 rings (SSSR count). The highest BCUT2D eigenvalue weighted by molar-refractivity contribution is 9.10. The SMILES string of the molecule is CCn1c(SCC(=O)Nc2ccc(Br)cc2)nnc1-c1cc(Cl)ccc1OC. The van der Waals surface area contributed by atoms with Crippen molar-refractivity contribution in [1.82, 2.24) is 14.8 Å². The standard InChI is InChI=1S/C19H18BrClN4O2S/c1-3-25-18(15-10-13(21)6-9-16(15)27-2)23-24-19(25)28-11-17(26)22-14-7-4-12(20)5-8-14/h4-10H,3,11H2,1-2H3,(H,22,26). The predicted octanol–water partition coefficient (Wildman–Crippen LogP) is 5.12. The molecule has 1 aromatic heterocycles. The van der Waals surface area contributed by atoms with Crippen molar-refractivity contribution in [3.8, 4) is 17.1 Å². The molecule has 1 amide bonds. The number of aromatic nitrogens is 3. The molecule has 1 heterocycles. The molecule has 0 radical (unpaired) electrons. The Morgan fingerprint density at radius 3 is 2.68 bits per heavy atom. The van der Waals surface area contributed by atoms with Gasteiger partial charge in [0.15, 0.2) is 11.0 Å². The average Bonchev–Trinajstić information content (AvgIpc) is 3.11. The first-order chi connectivity index (χ1) is 13.5. The third-order valence-corrected chi connectivity index (χ3v) is 5.63. The molecule has 1 N–H and O–H groups in total. The van der Waals surface area contributed by atoms with E-state index in [1.807, 2.05) is 35.8 Å². The van der Waals surface area contributed by atoms with Crippen LogP contribution in [0.4, 0.5) is 5.69 Å². The summed E-state index contributed by atoms with van der Waals surface area (Å²) in [5.41, 5.74) is 1.51. The number of nitrogens with one attached hydrogen (secondary N) is 1. The second kappa shape index (κ2) is 9.45. The van der Waals surface area contributed by atoms with Gasteiger partial charge in [-0.15, -0.1) is 10.2 Å². The molecule has 0 saturated heterocycles. The largest absolute Gasteiger partial charge is 0.496 e. The van der Waals surface area contributed by atoms with Gasteiger partial charge in [-0.25, -0.2) is 0 Å². The Kier molecular flexibility index (Phi) is 6.98. The Labute approximate surface area is 180 Å². The zero-order chi connectivity index (χ0) is 20.1. The van der Waals surface area contributed by atoms with E-state index < -0.39 is 0 Å². The van der Waals surface area contributed by atoms with Crippen LogP contribution in [0.15, 0.2) is 52.1 Å². The molecule has 0 aliphatic rings. The molecule has 3 aromatic rings. The van der Waals surface area contributed by atoms with Crippen LogP contribution < -0.4 is 10.1 Å². The third kappa shape index (κ3) is 4.87. The van der Waals surface area contributed by atoms with Crippen molar-refractivity contribution in [3.63, 3.8) is 0 Å². The summed E-state index contributed by atoms with van der Waals surface area (Å²) in [6, 6.07) is 12.8. The van der Waals surface area contributed by atoms with E-state index in [0.29, 0.717) is 28.3 Å². The van der Waals surface area contributed by atoms with Crippen molar-refractivity contribution in [2.75, 3.05) is 18.2 Å². The number of halogens is 2. The van der Waals surface area contributed by atoms with Crippen LogP contribution in [0.2, 0.25) is 5.02 Å². The molecule has 0 saturated carbocycles. The molecule has 0 unspecified atom stereocenters.